The molecule has 1 atom stereocenters. The molecule has 0 aliphatic rings. The molecule has 0 spiro atoms. The van der Waals surface area contributed by atoms with Crippen LogP contribution in [0.1, 0.15) is 13.8 Å². The van der Waals surface area contributed by atoms with Crippen LogP contribution in [0.4, 0.5) is 5.69 Å². The number of hydrogen-bond donors (Lipinski definition) is 3. The number of anilines is 1. The van der Waals surface area contributed by atoms with Gasteiger partial charge in [0.25, 0.3) is 0 Å². The van der Waals surface area contributed by atoms with E-state index in [0.717, 1.165) is 0 Å². The standard InChI is InChI=1S/C11H17N3O3S/c1-8(7-12)14-18(16,17)11-5-3-10(4-6-11)13-9(2)15/h3-6,8,14H,7,12H2,1-2H3,(H,13,15)/t8-/m1/s1. The molecule has 0 aliphatic heterocycles. The number of rotatable bonds is 5. The number of nitrogens with two attached hydrogens (primary N) is 1. The Morgan fingerprint density at radius 1 is 1.33 bits per heavy atom. The molecule has 0 saturated heterocycles. The van der Waals surface area contributed by atoms with Gasteiger partial charge in [-0.3, -0.25) is 4.79 Å². The van der Waals surface area contributed by atoms with Gasteiger partial charge in [-0.05, 0) is 31.2 Å². The first-order valence-electron chi connectivity index (χ1n) is 5.45. The average Bonchev–Trinajstić information content (AvgIpc) is 2.28. The summed E-state index contributed by atoms with van der Waals surface area (Å²) in [6, 6.07) is 5.59. The minimum atomic E-state index is -3.56. The number of nitrogens with one attached hydrogen (secondary N) is 2. The van der Waals surface area contributed by atoms with Crippen molar-refractivity contribution >= 4 is 21.6 Å². The van der Waals surface area contributed by atoms with Gasteiger partial charge in [0.05, 0.1) is 4.90 Å². The van der Waals surface area contributed by atoms with E-state index in [2.05, 4.69) is 10.0 Å². The van der Waals surface area contributed by atoms with Gasteiger partial charge in [0, 0.05) is 25.2 Å². The molecule has 4 N–H and O–H groups in total. The van der Waals surface area contributed by atoms with Gasteiger partial charge in [0.2, 0.25) is 15.9 Å². The molecule has 0 unspecified atom stereocenters. The molecule has 0 heterocycles. The summed E-state index contributed by atoms with van der Waals surface area (Å²) in [4.78, 5) is 11.0. The zero-order chi connectivity index (χ0) is 13.8. The maximum Gasteiger partial charge on any atom is 0.240 e. The van der Waals surface area contributed by atoms with Gasteiger partial charge >= 0.3 is 0 Å². The molecule has 18 heavy (non-hydrogen) atoms. The molecule has 100 valence electrons. The van der Waals surface area contributed by atoms with Crippen LogP contribution in [0, 0.1) is 0 Å². The molecular formula is C11H17N3O3S. The summed E-state index contributed by atoms with van der Waals surface area (Å²) < 4.78 is 26.2. The molecule has 1 aromatic carbocycles. The van der Waals surface area contributed by atoms with Gasteiger partial charge in [-0.15, -0.1) is 0 Å². The highest BCUT2D eigenvalue weighted by atomic mass is 32.2. The molecule has 1 rings (SSSR count). The predicted octanol–water partition coefficient (Wildman–Crippen LogP) is 0.271. The second-order valence-electron chi connectivity index (χ2n) is 3.96. The third-order valence-corrected chi connectivity index (χ3v) is 3.80. The number of carbonyl (C=O) groups excluding carboxylic acids is 1. The van der Waals surface area contributed by atoms with E-state index in [-0.39, 0.29) is 23.4 Å². The lowest BCUT2D eigenvalue weighted by Gasteiger charge is -2.12. The Hall–Kier alpha value is -1.44. The van der Waals surface area contributed by atoms with Crippen molar-refractivity contribution in [3.8, 4) is 0 Å². The first-order valence-corrected chi connectivity index (χ1v) is 6.93. The summed E-state index contributed by atoms with van der Waals surface area (Å²) in [6.45, 7) is 3.29. The highest BCUT2D eigenvalue weighted by molar-refractivity contribution is 7.89. The van der Waals surface area contributed by atoms with Gasteiger partial charge in [-0.25, -0.2) is 13.1 Å². The fraction of sp³-hybridized carbons (Fsp3) is 0.364. The Balaban J connectivity index is 2.87. The molecule has 0 bridgehead atoms. The summed E-state index contributed by atoms with van der Waals surface area (Å²) in [5, 5.41) is 2.56. The fourth-order valence-electron chi connectivity index (χ4n) is 1.30. The largest absolute Gasteiger partial charge is 0.329 e. The minimum Gasteiger partial charge on any atom is -0.329 e. The normalized spacial score (nSPS) is 13.1. The van der Waals surface area contributed by atoms with Crippen molar-refractivity contribution in [3.05, 3.63) is 24.3 Å². The molecule has 0 saturated carbocycles. The van der Waals surface area contributed by atoms with E-state index in [1.807, 2.05) is 0 Å². The van der Waals surface area contributed by atoms with E-state index < -0.39 is 10.0 Å². The van der Waals surface area contributed by atoms with E-state index in [9.17, 15) is 13.2 Å². The minimum absolute atomic E-state index is 0.136. The summed E-state index contributed by atoms with van der Waals surface area (Å²) >= 11 is 0. The van der Waals surface area contributed by atoms with Crippen molar-refractivity contribution < 1.29 is 13.2 Å². The molecule has 6 nitrogen and oxygen atoms in total. The molecule has 7 heteroatoms. The molecule has 1 aromatic rings. The van der Waals surface area contributed by atoms with Crippen LogP contribution < -0.4 is 15.8 Å². The Kier molecular flexibility index (Phi) is 4.83. The third-order valence-electron chi connectivity index (χ3n) is 2.19. The van der Waals surface area contributed by atoms with Crippen LogP contribution in [0.3, 0.4) is 0 Å². The first kappa shape index (κ1) is 14.6. The highest BCUT2D eigenvalue weighted by Crippen LogP contribution is 2.14. The lowest BCUT2D eigenvalue weighted by atomic mass is 10.3. The van der Waals surface area contributed by atoms with E-state index in [1.54, 1.807) is 6.92 Å². The van der Waals surface area contributed by atoms with E-state index >= 15 is 0 Å². The number of benzene rings is 1. The monoisotopic (exact) mass is 271 g/mol. The van der Waals surface area contributed by atoms with Crippen LogP contribution >= 0.6 is 0 Å². The first-order chi connectivity index (χ1) is 8.35. The zero-order valence-electron chi connectivity index (χ0n) is 10.3. The van der Waals surface area contributed by atoms with Gasteiger partial charge in [-0.2, -0.15) is 0 Å². The summed E-state index contributed by atoms with van der Waals surface area (Å²) in [5.41, 5.74) is 5.91. The van der Waals surface area contributed by atoms with Gasteiger partial charge in [0.15, 0.2) is 0 Å². The summed E-state index contributed by atoms with van der Waals surface area (Å²) in [6.07, 6.45) is 0. The second kappa shape index (κ2) is 5.94. The molecule has 0 radical (unpaired) electrons. The molecule has 0 fully saturated rings. The number of carbonyl (C=O) groups is 1. The molecule has 1 amide bonds. The van der Waals surface area contributed by atoms with Crippen molar-refractivity contribution in [1.82, 2.24) is 4.72 Å². The topological polar surface area (TPSA) is 101 Å². The van der Waals surface area contributed by atoms with Crippen molar-refractivity contribution in [2.24, 2.45) is 5.73 Å². The van der Waals surface area contributed by atoms with E-state index in [0.29, 0.717) is 5.69 Å². The number of amides is 1. The van der Waals surface area contributed by atoms with Crippen molar-refractivity contribution in [2.75, 3.05) is 11.9 Å². The lowest BCUT2D eigenvalue weighted by Crippen LogP contribution is -2.37. The van der Waals surface area contributed by atoms with Crippen LogP contribution in [-0.2, 0) is 14.8 Å². The van der Waals surface area contributed by atoms with Crippen molar-refractivity contribution in [2.45, 2.75) is 24.8 Å². The van der Waals surface area contributed by atoms with Crippen LogP contribution in [0.2, 0.25) is 0 Å². The Morgan fingerprint density at radius 3 is 2.33 bits per heavy atom. The van der Waals surface area contributed by atoms with Crippen LogP contribution in [0.25, 0.3) is 0 Å². The Morgan fingerprint density at radius 2 is 1.89 bits per heavy atom. The number of sulfonamides is 1. The third kappa shape index (κ3) is 4.10. The second-order valence-corrected chi connectivity index (χ2v) is 5.68. The van der Waals surface area contributed by atoms with Crippen LogP contribution in [0.15, 0.2) is 29.2 Å². The highest BCUT2D eigenvalue weighted by Gasteiger charge is 2.16. The van der Waals surface area contributed by atoms with Gasteiger partial charge in [-0.1, -0.05) is 0 Å². The summed E-state index contributed by atoms with van der Waals surface area (Å²) in [7, 11) is -3.56. The fourth-order valence-corrected chi connectivity index (χ4v) is 2.56. The van der Waals surface area contributed by atoms with Gasteiger partial charge < -0.3 is 11.1 Å². The molecular weight excluding hydrogens is 254 g/mol. The van der Waals surface area contributed by atoms with E-state index in [4.69, 9.17) is 5.73 Å². The van der Waals surface area contributed by atoms with Crippen molar-refractivity contribution in [3.63, 3.8) is 0 Å². The lowest BCUT2D eigenvalue weighted by molar-refractivity contribution is -0.114. The maximum atomic E-state index is 11.9. The quantitative estimate of drug-likeness (QED) is 0.715. The van der Waals surface area contributed by atoms with Crippen molar-refractivity contribution in [1.29, 1.82) is 0 Å². The number of hydrogen-bond acceptors (Lipinski definition) is 4. The Bertz CT molecular complexity index is 511. The molecule has 0 aromatic heterocycles. The SMILES string of the molecule is CC(=O)Nc1ccc(S(=O)(=O)N[C@H](C)CN)cc1. The van der Waals surface area contributed by atoms with Crippen LogP contribution in [0.5, 0.6) is 0 Å². The molecule has 0 aliphatic carbocycles. The van der Waals surface area contributed by atoms with Gasteiger partial charge in [0.1, 0.15) is 0 Å². The summed E-state index contributed by atoms with van der Waals surface area (Å²) in [5.74, 6) is -0.208. The predicted molar refractivity (Wildman–Crippen MR) is 69.6 cm³/mol. The zero-order valence-corrected chi connectivity index (χ0v) is 11.1. The van der Waals surface area contributed by atoms with Crippen LogP contribution in [-0.4, -0.2) is 26.9 Å². The smallest absolute Gasteiger partial charge is 0.240 e. The average molecular weight is 271 g/mol. The van der Waals surface area contributed by atoms with E-state index in [1.165, 1.54) is 31.2 Å². The Labute approximate surface area is 107 Å². The maximum absolute atomic E-state index is 11.9.